The largest absolute Gasteiger partial charge is 0.497 e. The Bertz CT molecular complexity index is 940. The number of hydrogen-bond donors (Lipinski definition) is 2. The van der Waals surface area contributed by atoms with Crippen LogP contribution in [0.4, 0.5) is 5.69 Å². The number of benzene rings is 2. The van der Waals surface area contributed by atoms with Crippen molar-refractivity contribution in [2.24, 2.45) is 0 Å². The van der Waals surface area contributed by atoms with Crippen LogP contribution in [0.5, 0.6) is 11.5 Å². The molecule has 0 spiro atoms. The summed E-state index contributed by atoms with van der Waals surface area (Å²) < 4.78 is 10.6. The van der Waals surface area contributed by atoms with Gasteiger partial charge in [-0.15, -0.1) is 11.3 Å². The van der Waals surface area contributed by atoms with Gasteiger partial charge in [0.25, 0.3) is 5.91 Å². The molecular weight excluding hydrogens is 396 g/mol. The van der Waals surface area contributed by atoms with E-state index in [1.165, 1.54) is 16.0 Å². The molecule has 0 aliphatic rings. The number of quaternary nitrogens is 1. The molecule has 1 atom stereocenters. The molecule has 0 saturated heterocycles. The van der Waals surface area contributed by atoms with Crippen molar-refractivity contribution >= 4 is 22.9 Å². The average molecular weight is 426 g/mol. The van der Waals surface area contributed by atoms with Gasteiger partial charge >= 0.3 is 0 Å². The number of carbonyl (C=O) groups is 1. The minimum atomic E-state index is -0.0809. The monoisotopic (exact) mass is 425 g/mol. The van der Waals surface area contributed by atoms with E-state index in [4.69, 9.17) is 9.47 Å². The fraction of sp³-hybridized carbons (Fsp3) is 0.292. The van der Waals surface area contributed by atoms with Crippen LogP contribution in [-0.2, 0) is 11.2 Å². The molecule has 158 valence electrons. The van der Waals surface area contributed by atoms with Crippen molar-refractivity contribution in [1.29, 1.82) is 0 Å². The molecule has 0 aliphatic carbocycles. The summed E-state index contributed by atoms with van der Waals surface area (Å²) in [7, 11) is 3.17. The van der Waals surface area contributed by atoms with Crippen LogP contribution in [0.15, 0.2) is 60.0 Å². The maximum atomic E-state index is 12.7. The van der Waals surface area contributed by atoms with Crippen molar-refractivity contribution in [3.8, 4) is 11.5 Å². The maximum absolute atomic E-state index is 12.7. The van der Waals surface area contributed by atoms with E-state index in [9.17, 15) is 4.79 Å². The minimum absolute atomic E-state index is 0.0809. The van der Waals surface area contributed by atoms with Crippen LogP contribution in [0.25, 0.3) is 0 Å². The Labute approximate surface area is 182 Å². The number of aryl methyl sites for hydroxylation is 1. The summed E-state index contributed by atoms with van der Waals surface area (Å²) in [5, 5.41) is 7.09. The lowest BCUT2D eigenvalue weighted by atomic mass is 10.0. The highest BCUT2D eigenvalue weighted by Crippen LogP contribution is 2.29. The number of nitrogens with one attached hydrogen (secondary N) is 1. The van der Waals surface area contributed by atoms with E-state index < -0.39 is 0 Å². The molecule has 0 fully saturated rings. The zero-order valence-electron chi connectivity index (χ0n) is 17.7. The average Bonchev–Trinajstić information content (AvgIpc) is 3.30. The minimum Gasteiger partial charge on any atom is -0.497 e. The summed E-state index contributed by atoms with van der Waals surface area (Å²) in [6, 6.07) is 18.3. The lowest BCUT2D eigenvalue weighted by Crippen LogP contribution is -2.87. The molecular formula is C24H29N2O3S+. The standard InChI is InChI=1S/C24H28N2O3S/c1-4-6-17-8-10-18(11-9-17)24(22-7-5-14-30-22)25-16-23(27)26-20-13-12-19(28-2)15-21(20)29-3/h5,7-15,24-25H,4,6,16H2,1-3H3,(H,26,27)/p+1/t24-/m0/s1. The van der Waals surface area contributed by atoms with Crippen LogP contribution >= 0.6 is 11.3 Å². The van der Waals surface area contributed by atoms with Crippen LogP contribution in [-0.4, -0.2) is 26.7 Å². The quantitative estimate of drug-likeness (QED) is 0.516. The fourth-order valence-electron chi connectivity index (χ4n) is 3.39. The molecule has 1 amide bonds. The van der Waals surface area contributed by atoms with Gasteiger partial charge in [0.1, 0.15) is 17.5 Å². The maximum Gasteiger partial charge on any atom is 0.279 e. The van der Waals surface area contributed by atoms with Crippen molar-refractivity contribution in [3.63, 3.8) is 0 Å². The van der Waals surface area contributed by atoms with Gasteiger partial charge in [-0.05, 0) is 35.6 Å². The lowest BCUT2D eigenvalue weighted by molar-refractivity contribution is -0.675. The Hall–Kier alpha value is -2.83. The summed E-state index contributed by atoms with van der Waals surface area (Å²) in [5.74, 6) is 1.17. The van der Waals surface area contributed by atoms with Gasteiger partial charge in [0.05, 0.1) is 24.8 Å². The van der Waals surface area contributed by atoms with Crippen molar-refractivity contribution in [2.75, 3.05) is 26.1 Å². The molecule has 0 saturated carbocycles. The van der Waals surface area contributed by atoms with Gasteiger partial charge in [0.2, 0.25) is 0 Å². The predicted octanol–water partition coefficient (Wildman–Crippen LogP) is 4.01. The number of carbonyl (C=O) groups excluding carboxylic acids is 1. The molecule has 0 unspecified atom stereocenters. The van der Waals surface area contributed by atoms with Crippen molar-refractivity contribution < 1.29 is 19.6 Å². The highest BCUT2D eigenvalue weighted by atomic mass is 32.1. The van der Waals surface area contributed by atoms with Gasteiger partial charge in [0, 0.05) is 11.6 Å². The first-order valence-corrected chi connectivity index (χ1v) is 11.0. The van der Waals surface area contributed by atoms with E-state index in [-0.39, 0.29) is 11.9 Å². The second kappa shape index (κ2) is 10.8. The highest BCUT2D eigenvalue weighted by molar-refractivity contribution is 7.10. The first-order chi connectivity index (χ1) is 14.6. The topological polar surface area (TPSA) is 64.2 Å². The number of hydrogen-bond acceptors (Lipinski definition) is 4. The third kappa shape index (κ3) is 5.62. The Morgan fingerprint density at radius 1 is 1.10 bits per heavy atom. The Balaban J connectivity index is 1.69. The normalized spacial score (nSPS) is 11.7. The smallest absolute Gasteiger partial charge is 0.279 e. The summed E-state index contributed by atoms with van der Waals surface area (Å²) in [5.41, 5.74) is 3.18. The molecule has 3 N–H and O–H groups in total. The molecule has 3 rings (SSSR count). The Morgan fingerprint density at radius 3 is 2.53 bits per heavy atom. The number of methoxy groups -OCH3 is 2. The van der Waals surface area contributed by atoms with Gasteiger partial charge in [-0.1, -0.05) is 43.7 Å². The molecule has 1 heterocycles. The molecule has 0 radical (unpaired) electrons. The number of thiophene rings is 1. The van der Waals surface area contributed by atoms with Crippen LogP contribution in [0.2, 0.25) is 0 Å². The van der Waals surface area contributed by atoms with Gasteiger partial charge in [0.15, 0.2) is 6.54 Å². The zero-order chi connectivity index (χ0) is 21.3. The molecule has 0 aliphatic heterocycles. The van der Waals surface area contributed by atoms with Gasteiger partial charge in [-0.3, -0.25) is 4.79 Å². The first kappa shape index (κ1) is 21.9. The van der Waals surface area contributed by atoms with Crippen LogP contribution in [0.1, 0.15) is 35.4 Å². The van der Waals surface area contributed by atoms with Crippen molar-refractivity contribution in [1.82, 2.24) is 0 Å². The molecule has 5 nitrogen and oxygen atoms in total. The number of rotatable bonds is 10. The molecule has 0 bridgehead atoms. The van der Waals surface area contributed by atoms with Gasteiger partial charge < -0.3 is 20.1 Å². The third-order valence-corrected chi connectivity index (χ3v) is 5.90. The SMILES string of the molecule is CCCc1ccc([C@H]([NH2+]CC(=O)Nc2ccc(OC)cc2OC)c2cccs2)cc1. The first-order valence-electron chi connectivity index (χ1n) is 10.1. The second-order valence-corrected chi connectivity index (χ2v) is 8.02. The molecule has 1 aromatic heterocycles. The summed E-state index contributed by atoms with van der Waals surface area (Å²) in [6.07, 6.45) is 2.22. The van der Waals surface area contributed by atoms with E-state index in [1.807, 2.05) is 0 Å². The zero-order valence-corrected chi connectivity index (χ0v) is 18.5. The molecule has 6 heteroatoms. The van der Waals surface area contributed by atoms with E-state index in [0.29, 0.717) is 23.7 Å². The van der Waals surface area contributed by atoms with Crippen molar-refractivity contribution in [2.45, 2.75) is 25.8 Å². The summed E-state index contributed by atoms with van der Waals surface area (Å²) >= 11 is 1.71. The Kier molecular flexibility index (Phi) is 7.88. The van der Waals surface area contributed by atoms with Crippen molar-refractivity contribution in [3.05, 3.63) is 76.0 Å². The van der Waals surface area contributed by atoms with E-state index >= 15 is 0 Å². The van der Waals surface area contributed by atoms with Crippen LogP contribution in [0.3, 0.4) is 0 Å². The second-order valence-electron chi connectivity index (χ2n) is 7.04. The summed E-state index contributed by atoms with van der Waals surface area (Å²) in [4.78, 5) is 13.9. The van der Waals surface area contributed by atoms with Crippen LogP contribution < -0.4 is 20.1 Å². The number of amides is 1. The molecule has 2 aromatic carbocycles. The number of nitrogens with two attached hydrogens (primary N) is 1. The third-order valence-electron chi connectivity index (χ3n) is 4.95. The van der Waals surface area contributed by atoms with Crippen LogP contribution in [0, 0.1) is 0 Å². The number of anilines is 1. The van der Waals surface area contributed by atoms with Gasteiger partial charge in [-0.2, -0.15) is 0 Å². The van der Waals surface area contributed by atoms with E-state index in [1.54, 1.807) is 43.8 Å². The Morgan fingerprint density at radius 2 is 1.90 bits per heavy atom. The van der Waals surface area contributed by atoms with Gasteiger partial charge in [-0.25, -0.2) is 0 Å². The number of ether oxygens (including phenoxy) is 2. The van der Waals surface area contributed by atoms with E-state index in [0.717, 1.165) is 12.8 Å². The van der Waals surface area contributed by atoms with E-state index in [2.05, 4.69) is 59.3 Å². The fourth-order valence-corrected chi connectivity index (χ4v) is 4.24. The molecule has 3 aromatic rings. The highest BCUT2D eigenvalue weighted by Gasteiger charge is 2.20. The molecule has 30 heavy (non-hydrogen) atoms. The predicted molar refractivity (Wildman–Crippen MR) is 122 cm³/mol. The summed E-state index contributed by atoms with van der Waals surface area (Å²) in [6.45, 7) is 2.49. The lowest BCUT2D eigenvalue weighted by Gasteiger charge is -2.16.